The summed E-state index contributed by atoms with van der Waals surface area (Å²) in [7, 11) is 0. The molecule has 1 amide bonds. The van der Waals surface area contributed by atoms with Crippen molar-refractivity contribution in [2.24, 2.45) is 0 Å². The van der Waals surface area contributed by atoms with Crippen LogP contribution in [0.25, 0.3) is 0 Å². The van der Waals surface area contributed by atoms with Crippen LogP contribution in [0.2, 0.25) is 5.02 Å². The van der Waals surface area contributed by atoms with Gasteiger partial charge >= 0.3 is 0 Å². The zero-order valence-corrected chi connectivity index (χ0v) is 12.3. The monoisotopic (exact) mass is 307 g/mol. The van der Waals surface area contributed by atoms with E-state index in [1.54, 1.807) is 11.1 Å². The Morgan fingerprint density at radius 3 is 3.00 bits per heavy atom. The van der Waals surface area contributed by atoms with E-state index in [-0.39, 0.29) is 16.8 Å². The number of aromatic amines is 1. The van der Waals surface area contributed by atoms with Gasteiger partial charge in [0.25, 0.3) is 5.91 Å². The lowest BCUT2D eigenvalue weighted by Crippen LogP contribution is -2.28. The van der Waals surface area contributed by atoms with Crippen molar-refractivity contribution in [2.75, 3.05) is 13.1 Å². The fourth-order valence-electron chi connectivity index (χ4n) is 2.62. The molecule has 1 saturated heterocycles. The molecular formula is C15H15ClFN3O. The van der Waals surface area contributed by atoms with E-state index >= 15 is 0 Å². The van der Waals surface area contributed by atoms with Crippen molar-refractivity contribution in [3.05, 3.63) is 52.3 Å². The van der Waals surface area contributed by atoms with Gasteiger partial charge in [-0.05, 0) is 31.5 Å². The largest absolute Gasteiger partial charge is 0.346 e. The van der Waals surface area contributed by atoms with Gasteiger partial charge in [0.15, 0.2) is 0 Å². The molecule has 1 atom stereocenters. The second-order valence-electron chi connectivity index (χ2n) is 5.32. The molecule has 1 aromatic carbocycles. The fourth-order valence-corrected chi connectivity index (χ4v) is 2.80. The SMILES string of the molecule is Cc1cnc(C2CCN(C(=O)c3ccc(F)c(Cl)c3)C2)[nH]1. The van der Waals surface area contributed by atoms with Crippen LogP contribution < -0.4 is 0 Å². The van der Waals surface area contributed by atoms with Gasteiger partial charge in [-0.1, -0.05) is 11.6 Å². The number of carbonyl (C=O) groups excluding carboxylic acids is 1. The van der Waals surface area contributed by atoms with Crippen LogP contribution in [0.4, 0.5) is 4.39 Å². The Balaban J connectivity index is 1.73. The summed E-state index contributed by atoms with van der Waals surface area (Å²) in [5.41, 5.74) is 1.43. The van der Waals surface area contributed by atoms with Crippen molar-refractivity contribution in [1.29, 1.82) is 0 Å². The maximum Gasteiger partial charge on any atom is 0.253 e. The second kappa shape index (κ2) is 5.48. The number of hydrogen-bond acceptors (Lipinski definition) is 2. The Labute approximate surface area is 126 Å². The van der Waals surface area contributed by atoms with Crippen LogP contribution in [-0.2, 0) is 0 Å². The molecule has 1 fully saturated rings. The van der Waals surface area contributed by atoms with Gasteiger partial charge in [-0.2, -0.15) is 0 Å². The molecule has 1 aliphatic rings. The van der Waals surface area contributed by atoms with Crippen LogP contribution in [0.15, 0.2) is 24.4 Å². The van der Waals surface area contributed by atoms with Crippen molar-refractivity contribution >= 4 is 17.5 Å². The molecule has 2 aromatic rings. The Hall–Kier alpha value is -1.88. The highest BCUT2D eigenvalue weighted by molar-refractivity contribution is 6.31. The first-order valence-corrected chi connectivity index (χ1v) is 7.18. The van der Waals surface area contributed by atoms with Crippen molar-refractivity contribution in [3.63, 3.8) is 0 Å². The normalized spacial score (nSPS) is 18.2. The summed E-state index contributed by atoms with van der Waals surface area (Å²) in [5.74, 6) is 0.500. The summed E-state index contributed by atoms with van der Waals surface area (Å²) >= 11 is 5.73. The second-order valence-corrected chi connectivity index (χ2v) is 5.72. The highest BCUT2D eigenvalue weighted by Crippen LogP contribution is 2.27. The predicted molar refractivity (Wildman–Crippen MR) is 78.0 cm³/mol. The summed E-state index contributed by atoms with van der Waals surface area (Å²) in [5, 5.41) is -0.0294. The number of H-pyrrole nitrogens is 1. The quantitative estimate of drug-likeness (QED) is 0.926. The Morgan fingerprint density at radius 1 is 1.52 bits per heavy atom. The molecule has 0 aliphatic carbocycles. The first kappa shape index (κ1) is 14.1. The third-order valence-corrected chi connectivity index (χ3v) is 4.04. The number of aryl methyl sites for hydroxylation is 1. The lowest BCUT2D eigenvalue weighted by Gasteiger charge is -2.16. The van der Waals surface area contributed by atoms with Gasteiger partial charge in [0.05, 0.1) is 5.02 Å². The minimum absolute atomic E-state index is 0.0294. The predicted octanol–water partition coefficient (Wildman–Crippen LogP) is 3.14. The number of imidazole rings is 1. The molecule has 1 aromatic heterocycles. The first-order chi connectivity index (χ1) is 10.0. The van der Waals surface area contributed by atoms with Crippen LogP contribution in [0, 0.1) is 12.7 Å². The molecule has 1 aliphatic heterocycles. The van der Waals surface area contributed by atoms with Crippen LogP contribution in [0.5, 0.6) is 0 Å². The third-order valence-electron chi connectivity index (χ3n) is 3.75. The lowest BCUT2D eigenvalue weighted by molar-refractivity contribution is 0.0790. The molecule has 1 N–H and O–H groups in total. The van der Waals surface area contributed by atoms with E-state index in [0.717, 1.165) is 17.9 Å². The highest BCUT2D eigenvalue weighted by Gasteiger charge is 2.29. The van der Waals surface area contributed by atoms with Crippen LogP contribution in [0.1, 0.15) is 34.2 Å². The standard InChI is InChI=1S/C15H15ClFN3O/c1-9-7-18-14(19-9)11-4-5-20(8-11)15(21)10-2-3-13(17)12(16)6-10/h2-3,6-7,11H,4-5,8H2,1H3,(H,18,19). The van der Waals surface area contributed by atoms with Crippen molar-refractivity contribution in [2.45, 2.75) is 19.3 Å². The zero-order chi connectivity index (χ0) is 15.0. The Kier molecular flexibility index (Phi) is 3.68. The smallest absolute Gasteiger partial charge is 0.253 e. The van der Waals surface area contributed by atoms with Crippen LogP contribution in [-0.4, -0.2) is 33.9 Å². The molecule has 0 bridgehead atoms. The Morgan fingerprint density at radius 2 is 2.33 bits per heavy atom. The average molecular weight is 308 g/mol. The number of nitrogens with one attached hydrogen (secondary N) is 1. The van der Waals surface area contributed by atoms with Crippen molar-refractivity contribution in [3.8, 4) is 0 Å². The van der Waals surface area contributed by atoms with Gasteiger partial charge in [0.1, 0.15) is 11.6 Å². The van der Waals surface area contributed by atoms with Crippen molar-refractivity contribution in [1.82, 2.24) is 14.9 Å². The summed E-state index contributed by atoms with van der Waals surface area (Å²) < 4.78 is 13.2. The maximum absolute atomic E-state index is 13.2. The molecule has 2 heterocycles. The zero-order valence-electron chi connectivity index (χ0n) is 11.6. The van der Waals surface area contributed by atoms with Crippen molar-refractivity contribution < 1.29 is 9.18 Å². The number of likely N-dealkylation sites (tertiary alicyclic amines) is 1. The van der Waals surface area contributed by atoms with Gasteiger partial charge in [0, 0.05) is 36.5 Å². The van der Waals surface area contributed by atoms with E-state index in [9.17, 15) is 9.18 Å². The maximum atomic E-state index is 13.2. The summed E-state index contributed by atoms with van der Waals surface area (Å²) in [6.45, 7) is 3.23. The summed E-state index contributed by atoms with van der Waals surface area (Å²) in [4.78, 5) is 21.7. The molecule has 110 valence electrons. The molecule has 3 rings (SSSR count). The topological polar surface area (TPSA) is 49.0 Å². The van der Waals surface area contributed by atoms with E-state index in [4.69, 9.17) is 11.6 Å². The van der Waals surface area contributed by atoms with Gasteiger partial charge in [-0.25, -0.2) is 9.37 Å². The number of nitrogens with zero attached hydrogens (tertiary/aromatic N) is 2. The molecule has 6 heteroatoms. The van der Waals surface area contributed by atoms with Gasteiger partial charge in [-0.15, -0.1) is 0 Å². The molecule has 1 unspecified atom stereocenters. The molecule has 21 heavy (non-hydrogen) atoms. The minimum Gasteiger partial charge on any atom is -0.346 e. The number of halogens is 2. The number of benzene rings is 1. The number of amides is 1. The van der Waals surface area contributed by atoms with Gasteiger partial charge < -0.3 is 9.88 Å². The number of aromatic nitrogens is 2. The Bertz CT molecular complexity index is 685. The van der Waals surface area contributed by atoms with E-state index in [0.29, 0.717) is 18.7 Å². The van der Waals surface area contributed by atoms with E-state index in [1.807, 2.05) is 6.92 Å². The summed E-state index contributed by atoms with van der Waals surface area (Å²) in [6.07, 6.45) is 2.66. The van der Waals surface area contributed by atoms with Crippen LogP contribution >= 0.6 is 11.6 Å². The first-order valence-electron chi connectivity index (χ1n) is 6.80. The lowest BCUT2D eigenvalue weighted by atomic mass is 10.1. The number of carbonyl (C=O) groups is 1. The van der Waals surface area contributed by atoms with E-state index in [1.165, 1.54) is 18.2 Å². The third kappa shape index (κ3) is 2.78. The molecule has 4 nitrogen and oxygen atoms in total. The van der Waals surface area contributed by atoms with Gasteiger partial charge in [-0.3, -0.25) is 4.79 Å². The highest BCUT2D eigenvalue weighted by atomic mass is 35.5. The van der Waals surface area contributed by atoms with E-state index < -0.39 is 5.82 Å². The average Bonchev–Trinajstić information content (AvgIpc) is 3.09. The van der Waals surface area contributed by atoms with Crippen LogP contribution in [0.3, 0.4) is 0 Å². The molecule has 0 saturated carbocycles. The van der Waals surface area contributed by atoms with Gasteiger partial charge in [0.2, 0.25) is 0 Å². The summed E-state index contributed by atoms with van der Waals surface area (Å²) in [6, 6.07) is 4.07. The number of rotatable bonds is 2. The number of hydrogen-bond donors (Lipinski definition) is 1. The van der Waals surface area contributed by atoms with E-state index in [2.05, 4.69) is 9.97 Å². The minimum atomic E-state index is -0.515. The molecule has 0 spiro atoms. The fraction of sp³-hybridized carbons (Fsp3) is 0.333. The molecular weight excluding hydrogens is 293 g/mol. The molecule has 0 radical (unpaired) electrons.